The van der Waals surface area contributed by atoms with Gasteiger partial charge in [-0.1, -0.05) is 12.8 Å². The number of nitrogens with zero attached hydrogens (tertiary/aromatic N) is 1. The van der Waals surface area contributed by atoms with E-state index >= 15 is 0 Å². The molecule has 5 heteroatoms. The van der Waals surface area contributed by atoms with Crippen LogP contribution in [0.15, 0.2) is 0 Å². The predicted molar refractivity (Wildman–Crippen MR) is 57.1 cm³/mol. The number of rotatable bonds is 2. The first-order chi connectivity index (χ1) is 7.36. The Morgan fingerprint density at radius 1 is 1.44 bits per heavy atom. The SMILES string of the molecule is C#CC(CC)N1C(=O)NC(=O)C(C)(C)C1=O. The van der Waals surface area contributed by atoms with Crippen molar-refractivity contribution in [2.45, 2.75) is 33.2 Å². The van der Waals surface area contributed by atoms with Crippen LogP contribution in [0.1, 0.15) is 27.2 Å². The Morgan fingerprint density at radius 3 is 2.44 bits per heavy atom. The minimum Gasteiger partial charge on any atom is -0.277 e. The number of amides is 4. The second-order valence-electron chi connectivity index (χ2n) is 4.15. The van der Waals surface area contributed by atoms with E-state index in [-0.39, 0.29) is 0 Å². The maximum absolute atomic E-state index is 12.0. The summed E-state index contributed by atoms with van der Waals surface area (Å²) in [7, 11) is 0. The molecule has 1 saturated heterocycles. The molecule has 0 radical (unpaired) electrons. The first kappa shape index (κ1) is 12.2. The van der Waals surface area contributed by atoms with E-state index in [1.54, 1.807) is 6.92 Å². The molecule has 0 spiro atoms. The number of nitrogens with one attached hydrogen (secondary N) is 1. The van der Waals surface area contributed by atoms with E-state index in [0.717, 1.165) is 4.90 Å². The zero-order chi connectivity index (χ0) is 12.5. The highest BCUT2D eigenvalue weighted by Gasteiger charge is 2.48. The molecule has 0 aromatic heterocycles. The van der Waals surface area contributed by atoms with Gasteiger partial charge >= 0.3 is 6.03 Å². The third-order valence-electron chi connectivity index (χ3n) is 2.65. The van der Waals surface area contributed by atoms with Crippen LogP contribution in [0.3, 0.4) is 0 Å². The highest BCUT2D eigenvalue weighted by atomic mass is 16.2. The Labute approximate surface area is 94.2 Å². The molecule has 1 N–H and O–H groups in total. The van der Waals surface area contributed by atoms with Crippen molar-refractivity contribution in [3.05, 3.63) is 0 Å². The van der Waals surface area contributed by atoms with Gasteiger partial charge in [-0.05, 0) is 20.3 Å². The number of hydrogen-bond acceptors (Lipinski definition) is 3. The van der Waals surface area contributed by atoms with Crippen molar-refractivity contribution in [1.82, 2.24) is 10.2 Å². The van der Waals surface area contributed by atoms with Gasteiger partial charge in [0.25, 0.3) is 0 Å². The molecule has 4 amide bonds. The lowest BCUT2D eigenvalue weighted by Crippen LogP contribution is -2.64. The van der Waals surface area contributed by atoms with Crippen LogP contribution in [0.4, 0.5) is 4.79 Å². The largest absolute Gasteiger partial charge is 0.331 e. The van der Waals surface area contributed by atoms with Crippen LogP contribution in [0.2, 0.25) is 0 Å². The highest BCUT2D eigenvalue weighted by Crippen LogP contribution is 2.25. The zero-order valence-corrected chi connectivity index (χ0v) is 9.53. The highest BCUT2D eigenvalue weighted by molar-refractivity contribution is 6.18. The van der Waals surface area contributed by atoms with E-state index in [9.17, 15) is 14.4 Å². The van der Waals surface area contributed by atoms with Gasteiger partial charge in [0.05, 0.1) is 0 Å². The number of carbonyl (C=O) groups is 3. The first-order valence-electron chi connectivity index (χ1n) is 5.01. The van der Waals surface area contributed by atoms with E-state index in [1.165, 1.54) is 13.8 Å². The lowest BCUT2D eigenvalue weighted by atomic mass is 9.88. The Kier molecular flexibility index (Phi) is 3.04. The molecule has 0 saturated carbocycles. The summed E-state index contributed by atoms with van der Waals surface area (Å²) < 4.78 is 0. The summed E-state index contributed by atoms with van der Waals surface area (Å²) in [4.78, 5) is 35.9. The summed E-state index contributed by atoms with van der Waals surface area (Å²) in [6.07, 6.45) is 5.71. The monoisotopic (exact) mass is 222 g/mol. The molecule has 0 bridgehead atoms. The van der Waals surface area contributed by atoms with Gasteiger partial charge in [-0.2, -0.15) is 0 Å². The molecule has 1 fully saturated rings. The first-order valence-corrected chi connectivity index (χ1v) is 5.01. The van der Waals surface area contributed by atoms with Crippen LogP contribution in [-0.2, 0) is 9.59 Å². The van der Waals surface area contributed by atoms with Gasteiger partial charge < -0.3 is 0 Å². The summed E-state index contributed by atoms with van der Waals surface area (Å²) in [5.41, 5.74) is -1.25. The summed E-state index contributed by atoms with van der Waals surface area (Å²) in [5, 5.41) is 2.13. The fourth-order valence-corrected chi connectivity index (χ4v) is 1.46. The molecule has 5 nitrogen and oxygen atoms in total. The fourth-order valence-electron chi connectivity index (χ4n) is 1.46. The van der Waals surface area contributed by atoms with Gasteiger partial charge in [0.1, 0.15) is 11.5 Å². The smallest absolute Gasteiger partial charge is 0.277 e. The maximum atomic E-state index is 12.0. The molecule has 1 atom stereocenters. The third-order valence-corrected chi connectivity index (χ3v) is 2.65. The molecule has 0 aliphatic carbocycles. The van der Waals surface area contributed by atoms with Crippen molar-refractivity contribution < 1.29 is 14.4 Å². The molecule has 1 heterocycles. The predicted octanol–water partition coefficient (Wildman–Crippen LogP) is 0.503. The number of urea groups is 1. The van der Waals surface area contributed by atoms with E-state index in [2.05, 4.69) is 11.2 Å². The van der Waals surface area contributed by atoms with Crippen molar-refractivity contribution in [1.29, 1.82) is 0 Å². The Morgan fingerprint density at radius 2 is 2.00 bits per heavy atom. The average molecular weight is 222 g/mol. The normalized spacial score (nSPS) is 21.4. The third kappa shape index (κ3) is 1.67. The van der Waals surface area contributed by atoms with E-state index in [4.69, 9.17) is 6.42 Å². The van der Waals surface area contributed by atoms with Gasteiger partial charge in [0.2, 0.25) is 11.8 Å². The zero-order valence-electron chi connectivity index (χ0n) is 9.53. The number of imide groups is 2. The standard InChI is InChI=1S/C11H14N2O3/c1-5-7(6-2)13-9(15)11(3,4)8(14)12-10(13)16/h1,7H,6H2,2-4H3,(H,12,14,16). The molecule has 0 aromatic carbocycles. The number of barbiturate groups is 1. The summed E-state index contributed by atoms with van der Waals surface area (Å²) in [5.74, 6) is 1.23. The molecular weight excluding hydrogens is 208 g/mol. The van der Waals surface area contributed by atoms with Gasteiger partial charge in [-0.15, -0.1) is 6.42 Å². The molecule has 16 heavy (non-hydrogen) atoms. The van der Waals surface area contributed by atoms with Crippen molar-refractivity contribution in [2.24, 2.45) is 5.41 Å². The molecule has 1 aliphatic rings. The van der Waals surface area contributed by atoms with Crippen molar-refractivity contribution >= 4 is 17.8 Å². The Bertz CT molecular complexity index is 393. The van der Waals surface area contributed by atoms with Crippen LogP contribution in [0, 0.1) is 17.8 Å². The van der Waals surface area contributed by atoms with E-state index < -0.39 is 29.3 Å². The van der Waals surface area contributed by atoms with Gasteiger partial charge in [0.15, 0.2) is 0 Å². The second-order valence-corrected chi connectivity index (χ2v) is 4.15. The second kappa shape index (κ2) is 3.97. The molecule has 1 aliphatic heterocycles. The van der Waals surface area contributed by atoms with Gasteiger partial charge in [-0.3, -0.25) is 14.9 Å². The van der Waals surface area contributed by atoms with Gasteiger partial charge in [-0.25, -0.2) is 9.69 Å². The van der Waals surface area contributed by atoms with Crippen molar-refractivity contribution in [3.8, 4) is 12.3 Å². The van der Waals surface area contributed by atoms with Crippen molar-refractivity contribution in [3.63, 3.8) is 0 Å². The van der Waals surface area contributed by atoms with Crippen LogP contribution in [-0.4, -0.2) is 28.8 Å². The quantitative estimate of drug-likeness (QED) is 0.546. The average Bonchev–Trinajstić information content (AvgIpc) is 2.22. The summed E-state index contributed by atoms with van der Waals surface area (Å²) in [6, 6.07) is -1.35. The topological polar surface area (TPSA) is 66.5 Å². The minimum absolute atomic E-state index is 0.458. The molecule has 0 aromatic rings. The molecule has 1 rings (SSSR count). The number of carbonyl (C=O) groups excluding carboxylic acids is 3. The molecule has 1 unspecified atom stereocenters. The summed E-state index contributed by atoms with van der Waals surface area (Å²) in [6.45, 7) is 4.70. The van der Waals surface area contributed by atoms with Gasteiger partial charge in [0, 0.05) is 0 Å². The molecule has 86 valence electrons. The van der Waals surface area contributed by atoms with E-state index in [0.29, 0.717) is 6.42 Å². The van der Waals surface area contributed by atoms with Crippen molar-refractivity contribution in [2.75, 3.05) is 0 Å². The lowest BCUT2D eigenvalue weighted by Gasteiger charge is -2.36. The Balaban J connectivity index is 3.12. The maximum Gasteiger partial charge on any atom is 0.331 e. The lowest BCUT2D eigenvalue weighted by molar-refractivity contribution is -0.149. The summed E-state index contributed by atoms with van der Waals surface area (Å²) >= 11 is 0. The number of terminal acetylenes is 1. The van der Waals surface area contributed by atoms with Crippen LogP contribution in [0.25, 0.3) is 0 Å². The van der Waals surface area contributed by atoms with Crippen LogP contribution >= 0.6 is 0 Å². The van der Waals surface area contributed by atoms with Crippen LogP contribution < -0.4 is 5.32 Å². The minimum atomic E-state index is -1.25. The Hall–Kier alpha value is -1.83. The van der Waals surface area contributed by atoms with E-state index in [1.807, 2.05) is 0 Å². The molecular formula is C11H14N2O3. The number of hydrogen-bond donors (Lipinski definition) is 1. The fraction of sp³-hybridized carbons (Fsp3) is 0.545. The van der Waals surface area contributed by atoms with Crippen LogP contribution in [0.5, 0.6) is 0 Å².